The molecule has 0 fully saturated rings. The van der Waals surface area contributed by atoms with Crippen molar-refractivity contribution < 1.29 is 7.54 Å². The first kappa shape index (κ1) is 2.12. The zero-order valence-electron chi connectivity index (χ0n) is 4.84. The molecule has 0 spiro atoms. The van der Waals surface area contributed by atoms with Crippen molar-refractivity contribution in [2.45, 2.75) is 0 Å². The quantitative estimate of drug-likeness (QED) is 0.441. The van der Waals surface area contributed by atoms with Crippen LogP contribution in [0.4, 0.5) is 0 Å². The zero-order valence-corrected chi connectivity index (χ0v) is 3.66. The molecule has 1 unspecified atom stereocenters. The van der Waals surface area contributed by atoms with Gasteiger partial charge in [-0.15, -0.1) is 11.8 Å². The lowest BCUT2D eigenvalue weighted by molar-refractivity contribution is -0.115. The Morgan fingerprint density at radius 3 is 3.50 bits per heavy atom. The summed E-state index contributed by atoms with van der Waals surface area (Å²) in [5, 5.41) is 0. The van der Waals surface area contributed by atoms with E-state index in [0.29, 0.717) is 0 Å². The molecule has 1 aliphatic rings. The minimum atomic E-state index is -0.873. The predicted octanol–water partition coefficient (Wildman–Crippen LogP) is 0.288. The van der Waals surface area contributed by atoms with Crippen molar-refractivity contribution in [1.29, 1.82) is 0 Å². The van der Waals surface area contributed by atoms with Gasteiger partial charge in [-0.3, -0.25) is 4.79 Å². The molecule has 0 aromatic heterocycles. The summed E-state index contributed by atoms with van der Waals surface area (Å²) in [6.07, 6.45) is 0. The Hall–Kier alpha value is -0.310. The molecule has 1 heterocycles. The Bertz CT molecular complexity index is 157. The van der Waals surface area contributed by atoms with Crippen molar-refractivity contribution in [2.75, 3.05) is 5.73 Å². The highest BCUT2D eigenvalue weighted by Gasteiger charge is 2.01. The van der Waals surface area contributed by atoms with Crippen LogP contribution in [-0.2, 0) is 4.79 Å². The average molecular weight is 103 g/mol. The first-order valence-corrected chi connectivity index (χ1v) is 2.26. The van der Waals surface area contributed by atoms with Crippen LogP contribution in [0.25, 0.3) is 0 Å². The lowest BCUT2D eigenvalue weighted by Crippen LogP contribution is -1.86. The van der Waals surface area contributed by atoms with Gasteiger partial charge < -0.3 is 0 Å². The molecule has 0 aliphatic carbocycles. The van der Waals surface area contributed by atoms with Crippen LogP contribution in [-0.4, -0.2) is 17.2 Å². The fraction of sp³-hybridized carbons (Fsp3) is 0.333. The molecule has 2 nitrogen and oxygen atoms in total. The van der Waals surface area contributed by atoms with Gasteiger partial charge in [0.25, 0.3) is 5.91 Å². The molecule has 0 radical (unpaired) electrons. The fourth-order valence-corrected chi connectivity index (χ4v) is 0.523. The van der Waals surface area contributed by atoms with Crippen molar-refractivity contribution in [2.24, 2.45) is 4.99 Å². The van der Waals surface area contributed by atoms with Gasteiger partial charge >= 0.3 is 0 Å². The standard InChI is InChI=1S/C3H3NOS/c5-3-1-6-2-4-3/h2H,1H2/i1D,2D. The summed E-state index contributed by atoms with van der Waals surface area (Å²) in [5.74, 6) is -0.514. The monoisotopic (exact) mass is 103 g/mol. The van der Waals surface area contributed by atoms with Gasteiger partial charge in [-0.1, -0.05) is 0 Å². The van der Waals surface area contributed by atoms with Gasteiger partial charge in [0.05, 0.1) is 12.6 Å². The highest BCUT2D eigenvalue weighted by atomic mass is 32.2. The van der Waals surface area contributed by atoms with Gasteiger partial charge in [-0.2, -0.15) is 0 Å². The summed E-state index contributed by atoms with van der Waals surface area (Å²) in [7, 11) is 0. The lowest BCUT2D eigenvalue weighted by Gasteiger charge is -1.68. The molecule has 1 atom stereocenters. The Labute approximate surface area is 42.5 Å². The van der Waals surface area contributed by atoms with Crippen LogP contribution in [0.1, 0.15) is 2.74 Å². The van der Waals surface area contributed by atoms with Gasteiger partial charge in [0.2, 0.25) is 0 Å². The second-order valence-electron chi connectivity index (χ2n) is 0.777. The Morgan fingerprint density at radius 1 is 2.50 bits per heavy atom. The molecular formula is C3H3NOS. The van der Waals surface area contributed by atoms with Crippen molar-refractivity contribution in [3.63, 3.8) is 0 Å². The Kier molecular flexibility index (Phi) is 0.503. The van der Waals surface area contributed by atoms with Gasteiger partial charge in [0.15, 0.2) is 0 Å². The zero-order chi connectivity index (χ0) is 6.15. The summed E-state index contributed by atoms with van der Waals surface area (Å²) in [5.41, 5.74) is -0.919. The van der Waals surface area contributed by atoms with Crippen LogP contribution < -0.4 is 0 Å². The third kappa shape index (κ3) is 0.597. The summed E-state index contributed by atoms with van der Waals surface area (Å²) in [6, 6.07) is 0. The van der Waals surface area contributed by atoms with E-state index < -0.39 is 11.6 Å². The van der Waals surface area contributed by atoms with E-state index in [0.717, 1.165) is 11.8 Å². The van der Waals surface area contributed by atoms with E-state index in [1.165, 1.54) is 0 Å². The lowest BCUT2D eigenvalue weighted by atomic mass is 10.8. The number of hydrogen-bond acceptors (Lipinski definition) is 2. The van der Waals surface area contributed by atoms with Crippen LogP contribution in [0.2, 0.25) is 0 Å². The Morgan fingerprint density at radius 2 is 3.33 bits per heavy atom. The summed E-state index contributed by atoms with van der Waals surface area (Å²) < 4.78 is 13.6. The summed E-state index contributed by atoms with van der Waals surface area (Å²) in [4.78, 5) is 13.5. The van der Waals surface area contributed by atoms with E-state index in [9.17, 15) is 4.79 Å². The number of carbonyl (C=O) groups is 1. The van der Waals surface area contributed by atoms with E-state index in [4.69, 9.17) is 2.74 Å². The third-order valence-electron chi connectivity index (χ3n) is 0.368. The normalized spacial score (nSPS) is 38.3. The van der Waals surface area contributed by atoms with E-state index >= 15 is 0 Å². The number of aliphatic imine (C=N–C) groups is 1. The molecule has 0 bridgehead atoms. The molecule has 6 heavy (non-hydrogen) atoms. The van der Waals surface area contributed by atoms with Gasteiger partial charge in [-0.05, 0) is 0 Å². The molecule has 0 aromatic carbocycles. The van der Waals surface area contributed by atoms with Crippen LogP contribution >= 0.6 is 11.8 Å². The Balaban J connectivity index is 2.70. The number of amides is 1. The molecule has 0 saturated heterocycles. The molecule has 0 saturated carbocycles. The summed E-state index contributed by atoms with van der Waals surface area (Å²) >= 11 is 0.862. The fourth-order valence-electron chi connectivity index (χ4n) is 0.174. The number of nitrogens with zero attached hydrogens (tertiary/aromatic N) is 1. The first-order valence-electron chi connectivity index (χ1n) is 2.46. The van der Waals surface area contributed by atoms with Crippen molar-refractivity contribution in [3.05, 3.63) is 0 Å². The van der Waals surface area contributed by atoms with Gasteiger partial charge in [0.1, 0.15) is 0 Å². The highest BCUT2D eigenvalue weighted by molar-refractivity contribution is 8.13. The minimum absolute atomic E-state index is 0.0463. The SMILES string of the molecule is [2H]C1=NC(=O)C([2H])S1. The van der Waals surface area contributed by atoms with Crippen molar-refractivity contribution in [3.8, 4) is 0 Å². The largest absolute Gasteiger partial charge is 0.272 e. The molecule has 0 aromatic rings. The van der Waals surface area contributed by atoms with Crippen LogP contribution in [0, 0.1) is 0 Å². The number of hydrogen-bond donors (Lipinski definition) is 0. The molecule has 32 valence electrons. The van der Waals surface area contributed by atoms with Crippen LogP contribution in [0.15, 0.2) is 4.99 Å². The van der Waals surface area contributed by atoms with E-state index in [1.54, 1.807) is 0 Å². The third-order valence-corrected chi connectivity index (χ3v) is 0.884. The first-order chi connectivity index (χ1) is 3.70. The predicted molar refractivity (Wildman–Crippen MR) is 26.0 cm³/mol. The maximum absolute atomic E-state index is 10.3. The minimum Gasteiger partial charge on any atom is -0.272 e. The number of rotatable bonds is 0. The van der Waals surface area contributed by atoms with Gasteiger partial charge in [0, 0.05) is 1.37 Å². The second-order valence-corrected chi connectivity index (χ2v) is 1.43. The number of thioether (sulfide) groups is 1. The number of carbonyl (C=O) groups excluding carboxylic acids is 1. The maximum Gasteiger partial charge on any atom is 0.256 e. The van der Waals surface area contributed by atoms with E-state index in [-0.39, 0.29) is 5.52 Å². The van der Waals surface area contributed by atoms with Crippen molar-refractivity contribution in [1.82, 2.24) is 0 Å². The highest BCUT2D eigenvalue weighted by Crippen LogP contribution is 2.02. The van der Waals surface area contributed by atoms with E-state index in [2.05, 4.69) is 4.99 Å². The average Bonchev–Trinajstić information content (AvgIpc) is 1.85. The molecule has 0 N–H and O–H groups in total. The van der Waals surface area contributed by atoms with E-state index in [1.807, 2.05) is 0 Å². The molecule has 1 amide bonds. The topological polar surface area (TPSA) is 29.4 Å². The molecule has 1 rings (SSSR count). The van der Waals surface area contributed by atoms with Crippen LogP contribution in [0.3, 0.4) is 0 Å². The molecule has 3 heteroatoms. The molecule has 1 aliphatic heterocycles. The second kappa shape index (κ2) is 1.43. The summed E-state index contributed by atoms with van der Waals surface area (Å²) in [6.45, 7) is 0. The van der Waals surface area contributed by atoms with Crippen LogP contribution in [0.5, 0.6) is 0 Å². The maximum atomic E-state index is 10.3. The molecular weight excluding hydrogens is 98.1 g/mol. The van der Waals surface area contributed by atoms with Gasteiger partial charge in [-0.25, -0.2) is 4.99 Å². The smallest absolute Gasteiger partial charge is 0.256 e. The van der Waals surface area contributed by atoms with Crippen molar-refractivity contribution >= 4 is 23.2 Å².